The van der Waals surface area contributed by atoms with Crippen LogP contribution >= 0.6 is 0 Å². The van der Waals surface area contributed by atoms with Gasteiger partial charge in [-0.05, 0) is 56.4 Å². The summed E-state index contributed by atoms with van der Waals surface area (Å²) in [5, 5.41) is 11.3. The number of Topliss-reactive ketones (excluding diaryl/α,β-unsaturated/α-hetero) is 1. The van der Waals surface area contributed by atoms with Gasteiger partial charge in [-0.15, -0.1) is 0 Å². The highest BCUT2D eigenvalue weighted by Gasteiger charge is 2.46. The molecule has 2 heterocycles. The number of hydrogen-bond acceptors (Lipinski definition) is 7. The summed E-state index contributed by atoms with van der Waals surface area (Å²) in [6.45, 7) is 4.40. The van der Waals surface area contributed by atoms with E-state index in [-0.39, 0.29) is 11.3 Å². The molecule has 8 heteroatoms. The molecular formula is C26H30N2O6. The SMILES string of the molecule is CCCOc1ccc(C2/C(=C(/O)c3ccc4c(c3)OCCO4)C(=O)C(=O)N2CCN(C)C)cc1. The highest BCUT2D eigenvalue weighted by molar-refractivity contribution is 6.46. The number of likely N-dealkylation sites (N-methyl/N-ethyl adjacent to an activating group) is 1. The van der Waals surface area contributed by atoms with Gasteiger partial charge in [0.05, 0.1) is 18.2 Å². The minimum atomic E-state index is -0.714. The molecule has 0 spiro atoms. The van der Waals surface area contributed by atoms with Crippen molar-refractivity contribution in [3.05, 3.63) is 59.2 Å². The molecule has 2 aliphatic rings. The zero-order valence-electron chi connectivity index (χ0n) is 19.7. The molecule has 1 saturated heterocycles. The average molecular weight is 467 g/mol. The van der Waals surface area contributed by atoms with E-state index in [0.29, 0.717) is 55.7 Å². The van der Waals surface area contributed by atoms with Gasteiger partial charge in [-0.25, -0.2) is 0 Å². The van der Waals surface area contributed by atoms with E-state index in [9.17, 15) is 14.7 Å². The first-order chi connectivity index (χ1) is 16.4. The van der Waals surface area contributed by atoms with Crippen molar-refractivity contribution in [2.75, 3.05) is 47.0 Å². The van der Waals surface area contributed by atoms with Crippen molar-refractivity contribution in [1.82, 2.24) is 9.80 Å². The van der Waals surface area contributed by atoms with Gasteiger partial charge < -0.3 is 29.1 Å². The summed E-state index contributed by atoms with van der Waals surface area (Å²) in [4.78, 5) is 29.6. The lowest BCUT2D eigenvalue weighted by Crippen LogP contribution is -2.35. The summed E-state index contributed by atoms with van der Waals surface area (Å²) >= 11 is 0. The number of aliphatic hydroxyl groups is 1. The van der Waals surface area contributed by atoms with Crippen molar-refractivity contribution < 1.29 is 28.9 Å². The zero-order chi connectivity index (χ0) is 24.2. The number of benzene rings is 2. The molecule has 8 nitrogen and oxygen atoms in total. The number of fused-ring (bicyclic) bond motifs is 1. The number of ketones is 1. The number of carbonyl (C=O) groups is 2. The molecule has 2 aromatic rings. The van der Waals surface area contributed by atoms with Gasteiger partial charge in [0, 0.05) is 18.7 Å². The third kappa shape index (κ3) is 4.72. The fourth-order valence-electron chi connectivity index (χ4n) is 4.08. The molecule has 1 unspecified atom stereocenters. The molecule has 1 N–H and O–H groups in total. The van der Waals surface area contributed by atoms with Crippen LogP contribution in [0.15, 0.2) is 48.0 Å². The van der Waals surface area contributed by atoms with E-state index in [4.69, 9.17) is 14.2 Å². The number of amides is 1. The van der Waals surface area contributed by atoms with Crippen molar-refractivity contribution in [1.29, 1.82) is 0 Å². The first-order valence-electron chi connectivity index (χ1n) is 11.5. The molecule has 180 valence electrons. The average Bonchev–Trinajstić information content (AvgIpc) is 3.10. The van der Waals surface area contributed by atoms with E-state index in [1.807, 2.05) is 50.2 Å². The Labute approximate surface area is 199 Å². The molecule has 2 aromatic carbocycles. The molecular weight excluding hydrogens is 436 g/mol. The van der Waals surface area contributed by atoms with E-state index in [0.717, 1.165) is 12.0 Å². The van der Waals surface area contributed by atoms with E-state index >= 15 is 0 Å². The van der Waals surface area contributed by atoms with Gasteiger partial charge in [0.25, 0.3) is 11.7 Å². The normalized spacial score (nSPS) is 19.1. The van der Waals surface area contributed by atoms with Gasteiger partial charge in [0.2, 0.25) is 0 Å². The first-order valence-corrected chi connectivity index (χ1v) is 11.5. The third-order valence-corrected chi connectivity index (χ3v) is 5.81. The number of ether oxygens (including phenoxy) is 3. The largest absolute Gasteiger partial charge is 0.507 e. The van der Waals surface area contributed by atoms with Crippen molar-refractivity contribution in [2.24, 2.45) is 0 Å². The smallest absolute Gasteiger partial charge is 0.295 e. The molecule has 34 heavy (non-hydrogen) atoms. The van der Waals surface area contributed by atoms with Gasteiger partial charge in [-0.1, -0.05) is 19.1 Å². The van der Waals surface area contributed by atoms with Gasteiger partial charge >= 0.3 is 0 Å². The van der Waals surface area contributed by atoms with Crippen LogP contribution in [-0.4, -0.2) is 73.6 Å². The fraction of sp³-hybridized carbons (Fsp3) is 0.385. The second-order valence-corrected chi connectivity index (χ2v) is 8.57. The Bertz CT molecular complexity index is 1090. The molecule has 0 aliphatic carbocycles. The molecule has 1 amide bonds. The minimum absolute atomic E-state index is 0.0580. The first kappa shape index (κ1) is 23.6. The molecule has 1 fully saturated rings. The lowest BCUT2D eigenvalue weighted by Gasteiger charge is -2.27. The molecule has 0 bridgehead atoms. The van der Waals surface area contributed by atoms with Gasteiger partial charge in [0.1, 0.15) is 24.7 Å². The minimum Gasteiger partial charge on any atom is -0.507 e. The van der Waals surface area contributed by atoms with Crippen LogP contribution in [0.4, 0.5) is 0 Å². The predicted molar refractivity (Wildman–Crippen MR) is 127 cm³/mol. The van der Waals surface area contributed by atoms with Crippen molar-refractivity contribution in [2.45, 2.75) is 19.4 Å². The van der Waals surface area contributed by atoms with Crippen LogP contribution in [-0.2, 0) is 9.59 Å². The molecule has 4 rings (SSSR count). The standard InChI is InChI=1S/C26H30N2O6/c1-4-13-32-19-8-5-17(6-9-19)23-22(25(30)26(31)28(23)12-11-27(2)3)24(29)18-7-10-20-21(16-18)34-15-14-33-20/h5-10,16,23,29H,4,11-15H2,1-3H3/b24-22-. The van der Waals surface area contributed by atoms with Crippen LogP contribution in [0.1, 0.15) is 30.5 Å². The lowest BCUT2D eigenvalue weighted by molar-refractivity contribution is -0.140. The molecule has 0 saturated carbocycles. The Hall–Kier alpha value is -3.52. The summed E-state index contributed by atoms with van der Waals surface area (Å²) in [6.07, 6.45) is 0.891. The highest BCUT2D eigenvalue weighted by atomic mass is 16.6. The Morgan fingerprint density at radius 3 is 2.47 bits per heavy atom. The maximum Gasteiger partial charge on any atom is 0.295 e. The Kier molecular flexibility index (Phi) is 7.07. The summed E-state index contributed by atoms with van der Waals surface area (Å²) < 4.78 is 16.9. The Morgan fingerprint density at radius 1 is 1.09 bits per heavy atom. The summed E-state index contributed by atoms with van der Waals surface area (Å²) in [6, 6.07) is 11.6. The zero-order valence-corrected chi connectivity index (χ0v) is 19.7. The number of hydrogen-bond donors (Lipinski definition) is 1. The quantitative estimate of drug-likeness (QED) is 0.363. The number of aliphatic hydroxyl groups excluding tert-OH is 1. The molecule has 1 atom stereocenters. The second kappa shape index (κ2) is 10.2. The summed E-state index contributed by atoms with van der Waals surface area (Å²) in [7, 11) is 3.81. The Balaban J connectivity index is 1.76. The lowest BCUT2D eigenvalue weighted by atomic mass is 9.95. The van der Waals surface area contributed by atoms with Crippen LogP contribution in [0.25, 0.3) is 5.76 Å². The second-order valence-electron chi connectivity index (χ2n) is 8.57. The maximum absolute atomic E-state index is 13.2. The van der Waals surface area contributed by atoms with E-state index < -0.39 is 17.7 Å². The highest BCUT2D eigenvalue weighted by Crippen LogP contribution is 2.41. The van der Waals surface area contributed by atoms with E-state index in [2.05, 4.69) is 0 Å². The van der Waals surface area contributed by atoms with Crippen LogP contribution in [0, 0.1) is 0 Å². The van der Waals surface area contributed by atoms with Crippen LogP contribution in [0.3, 0.4) is 0 Å². The third-order valence-electron chi connectivity index (χ3n) is 5.81. The van der Waals surface area contributed by atoms with E-state index in [1.54, 1.807) is 18.2 Å². The number of carbonyl (C=O) groups excluding carboxylic acids is 2. The van der Waals surface area contributed by atoms with Gasteiger partial charge in [-0.3, -0.25) is 9.59 Å². The number of nitrogens with zero attached hydrogens (tertiary/aromatic N) is 2. The maximum atomic E-state index is 13.2. The Morgan fingerprint density at radius 2 is 1.79 bits per heavy atom. The molecule has 0 aromatic heterocycles. The van der Waals surface area contributed by atoms with E-state index in [1.165, 1.54) is 4.90 Å². The van der Waals surface area contributed by atoms with Crippen LogP contribution < -0.4 is 14.2 Å². The number of rotatable bonds is 8. The van der Waals surface area contributed by atoms with Crippen molar-refractivity contribution in [3.63, 3.8) is 0 Å². The molecule has 2 aliphatic heterocycles. The molecule has 0 radical (unpaired) electrons. The van der Waals surface area contributed by atoms with Gasteiger partial charge in [0.15, 0.2) is 11.5 Å². The van der Waals surface area contributed by atoms with Crippen LogP contribution in [0.2, 0.25) is 0 Å². The topological polar surface area (TPSA) is 88.5 Å². The van der Waals surface area contributed by atoms with Crippen molar-refractivity contribution in [3.8, 4) is 17.2 Å². The summed E-state index contributed by atoms with van der Waals surface area (Å²) in [5.74, 6) is 0.209. The predicted octanol–water partition coefficient (Wildman–Crippen LogP) is 3.23. The summed E-state index contributed by atoms with van der Waals surface area (Å²) in [5.41, 5.74) is 1.17. The fourth-order valence-corrected chi connectivity index (χ4v) is 4.08. The van der Waals surface area contributed by atoms with Crippen molar-refractivity contribution >= 4 is 17.4 Å². The number of likely N-dealkylation sites (tertiary alicyclic amines) is 1. The monoisotopic (exact) mass is 466 g/mol. The van der Waals surface area contributed by atoms with Gasteiger partial charge in [-0.2, -0.15) is 0 Å². The van der Waals surface area contributed by atoms with Crippen LogP contribution in [0.5, 0.6) is 17.2 Å².